The molecule has 2 heterocycles. The van der Waals surface area contributed by atoms with Crippen LogP contribution in [-0.4, -0.2) is 42.6 Å². The van der Waals surface area contributed by atoms with Gasteiger partial charge in [-0.05, 0) is 60.0 Å². The van der Waals surface area contributed by atoms with Gasteiger partial charge in [0, 0.05) is 12.3 Å². The second-order valence-corrected chi connectivity index (χ2v) is 7.30. The molecule has 0 aliphatic carbocycles. The van der Waals surface area contributed by atoms with E-state index in [0.717, 1.165) is 11.1 Å². The number of amides is 1. The second-order valence-electron chi connectivity index (χ2n) is 7.30. The van der Waals surface area contributed by atoms with E-state index < -0.39 is 17.9 Å². The van der Waals surface area contributed by atoms with E-state index in [1.165, 1.54) is 18.2 Å². The molecule has 4 rings (SSSR count). The molecular weight excluding hydrogens is 420 g/mol. The predicted octanol–water partition coefficient (Wildman–Crippen LogP) is 4.36. The molecule has 0 saturated heterocycles. The predicted molar refractivity (Wildman–Crippen MR) is 124 cm³/mol. The lowest BCUT2D eigenvalue weighted by atomic mass is 9.91. The maximum absolute atomic E-state index is 13.8. The number of hydrogen-bond donors (Lipinski definition) is 0. The van der Waals surface area contributed by atoms with Crippen molar-refractivity contribution in [1.29, 1.82) is 0 Å². The van der Waals surface area contributed by atoms with E-state index >= 15 is 0 Å². The highest BCUT2D eigenvalue weighted by atomic mass is 16.5. The molecule has 33 heavy (non-hydrogen) atoms. The van der Waals surface area contributed by atoms with Crippen molar-refractivity contribution in [2.75, 3.05) is 20.8 Å². The lowest BCUT2D eigenvalue weighted by Gasteiger charge is -2.36. The normalized spacial score (nSPS) is 14.7. The zero-order chi connectivity index (χ0) is 23.4. The molecule has 0 N–H and O–H groups in total. The standard InChI is InChI=1S/C26H24N2O5/c1-4-33-20-13-14-27-22(16-20)25(29)28-23(17-9-11-19(31-2)12-10-17)15-18-7-5-6-8-21(18)24(28)26(30)32-3/h5-16,24H,4H2,1-3H3. The van der Waals surface area contributed by atoms with Crippen LogP contribution in [0.15, 0.2) is 66.9 Å². The number of benzene rings is 2. The number of fused-ring (bicyclic) bond motifs is 1. The molecule has 0 radical (unpaired) electrons. The average Bonchev–Trinajstić information content (AvgIpc) is 2.87. The van der Waals surface area contributed by atoms with Crippen LogP contribution < -0.4 is 9.47 Å². The summed E-state index contributed by atoms with van der Waals surface area (Å²) >= 11 is 0. The Kier molecular flexibility index (Phi) is 6.40. The van der Waals surface area contributed by atoms with Crippen LogP contribution in [0.1, 0.15) is 40.1 Å². The molecule has 1 aliphatic heterocycles. The van der Waals surface area contributed by atoms with Gasteiger partial charge in [0.1, 0.15) is 17.2 Å². The van der Waals surface area contributed by atoms with E-state index in [4.69, 9.17) is 14.2 Å². The van der Waals surface area contributed by atoms with Gasteiger partial charge < -0.3 is 14.2 Å². The van der Waals surface area contributed by atoms with E-state index in [1.54, 1.807) is 31.4 Å². The van der Waals surface area contributed by atoms with Crippen LogP contribution in [0, 0.1) is 0 Å². The third kappa shape index (κ3) is 4.30. The lowest BCUT2D eigenvalue weighted by Crippen LogP contribution is -2.40. The number of carbonyl (C=O) groups is 2. The summed E-state index contributed by atoms with van der Waals surface area (Å²) < 4.78 is 15.9. The van der Waals surface area contributed by atoms with Crippen molar-refractivity contribution >= 4 is 23.6 Å². The van der Waals surface area contributed by atoms with E-state index in [2.05, 4.69) is 4.98 Å². The highest BCUT2D eigenvalue weighted by Gasteiger charge is 2.40. The molecule has 1 unspecified atom stereocenters. The number of pyridine rings is 1. The summed E-state index contributed by atoms with van der Waals surface area (Å²) in [4.78, 5) is 32.5. The highest BCUT2D eigenvalue weighted by Crippen LogP contribution is 2.40. The molecule has 0 fully saturated rings. The molecular formula is C26H24N2O5. The minimum Gasteiger partial charge on any atom is -0.497 e. The van der Waals surface area contributed by atoms with Crippen LogP contribution in [-0.2, 0) is 9.53 Å². The zero-order valence-corrected chi connectivity index (χ0v) is 18.6. The molecule has 0 spiro atoms. The van der Waals surface area contributed by atoms with Gasteiger partial charge in [-0.25, -0.2) is 4.79 Å². The van der Waals surface area contributed by atoms with E-state index in [1.807, 2.05) is 49.4 Å². The van der Waals surface area contributed by atoms with Gasteiger partial charge in [0.05, 0.1) is 26.5 Å². The first kappa shape index (κ1) is 22.1. The summed E-state index contributed by atoms with van der Waals surface area (Å²) in [6.45, 7) is 2.32. The van der Waals surface area contributed by atoms with E-state index in [9.17, 15) is 9.59 Å². The molecule has 1 aliphatic rings. The first-order valence-electron chi connectivity index (χ1n) is 10.5. The van der Waals surface area contributed by atoms with Crippen LogP contribution in [0.5, 0.6) is 11.5 Å². The molecule has 0 saturated carbocycles. The molecule has 2 aromatic carbocycles. The number of carbonyl (C=O) groups excluding carboxylic acids is 2. The Bertz CT molecular complexity index is 1200. The summed E-state index contributed by atoms with van der Waals surface area (Å²) in [7, 11) is 2.90. The monoisotopic (exact) mass is 444 g/mol. The molecule has 168 valence electrons. The van der Waals surface area contributed by atoms with Crippen LogP contribution in [0.3, 0.4) is 0 Å². The smallest absolute Gasteiger partial charge is 0.333 e. The van der Waals surface area contributed by atoms with Gasteiger partial charge in [0.25, 0.3) is 5.91 Å². The topological polar surface area (TPSA) is 78.0 Å². The van der Waals surface area contributed by atoms with Gasteiger partial charge >= 0.3 is 5.97 Å². The van der Waals surface area contributed by atoms with Crippen molar-refractivity contribution in [1.82, 2.24) is 9.88 Å². The number of aromatic nitrogens is 1. The van der Waals surface area contributed by atoms with Gasteiger partial charge in [-0.15, -0.1) is 0 Å². The Hall–Kier alpha value is -4.13. The van der Waals surface area contributed by atoms with Crippen LogP contribution in [0.4, 0.5) is 0 Å². The molecule has 7 heteroatoms. The average molecular weight is 444 g/mol. The summed E-state index contributed by atoms with van der Waals surface area (Å²) in [5.41, 5.74) is 2.97. The summed E-state index contributed by atoms with van der Waals surface area (Å²) in [6.07, 6.45) is 3.40. The van der Waals surface area contributed by atoms with Gasteiger partial charge in [0.15, 0.2) is 6.04 Å². The number of hydrogen-bond acceptors (Lipinski definition) is 6. The molecule has 3 aromatic rings. The van der Waals surface area contributed by atoms with Crippen molar-refractivity contribution in [2.24, 2.45) is 0 Å². The largest absolute Gasteiger partial charge is 0.497 e. The summed E-state index contributed by atoms with van der Waals surface area (Å²) in [5, 5.41) is 0. The molecule has 1 amide bonds. The molecule has 1 atom stereocenters. The minimum absolute atomic E-state index is 0.161. The van der Waals surface area contributed by atoms with Gasteiger partial charge in [0.2, 0.25) is 0 Å². The summed E-state index contributed by atoms with van der Waals surface area (Å²) in [5.74, 6) is 0.223. The fourth-order valence-corrected chi connectivity index (χ4v) is 3.85. The Morgan fingerprint density at radius 2 is 1.76 bits per heavy atom. The van der Waals surface area contributed by atoms with Crippen molar-refractivity contribution in [3.63, 3.8) is 0 Å². The Labute approximate surface area is 192 Å². The maximum Gasteiger partial charge on any atom is 0.333 e. The molecule has 0 bridgehead atoms. The van der Waals surface area contributed by atoms with Crippen molar-refractivity contribution in [2.45, 2.75) is 13.0 Å². The Morgan fingerprint density at radius 3 is 2.45 bits per heavy atom. The zero-order valence-electron chi connectivity index (χ0n) is 18.6. The van der Waals surface area contributed by atoms with Gasteiger partial charge in [-0.3, -0.25) is 14.7 Å². The number of nitrogens with zero attached hydrogens (tertiary/aromatic N) is 2. The van der Waals surface area contributed by atoms with Crippen molar-refractivity contribution in [3.05, 3.63) is 89.2 Å². The summed E-state index contributed by atoms with van der Waals surface area (Å²) in [6, 6.07) is 17.0. The number of esters is 1. The minimum atomic E-state index is -0.974. The van der Waals surface area contributed by atoms with Gasteiger partial charge in [-0.1, -0.05) is 24.3 Å². The first-order valence-corrected chi connectivity index (χ1v) is 10.5. The number of rotatable bonds is 6. The third-order valence-corrected chi connectivity index (χ3v) is 5.39. The Balaban J connectivity index is 1.89. The first-order chi connectivity index (χ1) is 16.1. The highest BCUT2D eigenvalue weighted by molar-refractivity contribution is 6.05. The van der Waals surface area contributed by atoms with Crippen molar-refractivity contribution in [3.8, 4) is 11.5 Å². The van der Waals surface area contributed by atoms with Crippen molar-refractivity contribution < 1.29 is 23.8 Å². The Morgan fingerprint density at radius 1 is 1.00 bits per heavy atom. The quantitative estimate of drug-likeness (QED) is 0.526. The fraction of sp³-hybridized carbons (Fsp3) is 0.192. The maximum atomic E-state index is 13.8. The molecule has 1 aromatic heterocycles. The lowest BCUT2D eigenvalue weighted by molar-refractivity contribution is -0.145. The van der Waals surface area contributed by atoms with Crippen LogP contribution >= 0.6 is 0 Å². The van der Waals surface area contributed by atoms with Crippen LogP contribution in [0.2, 0.25) is 0 Å². The second kappa shape index (κ2) is 9.56. The fourth-order valence-electron chi connectivity index (χ4n) is 3.85. The van der Waals surface area contributed by atoms with E-state index in [-0.39, 0.29) is 5.69 Å². The number of ether oxygens (including phenoxy) is 3. The van der Waals surface area contributed by atoms with Gasteiger partial charge in [-0.2, -0.15) is 0 Å². The number of methoxy groups -OCH3 is 2. The third-order valence-electron chi connectivity index (χ3n) is 5.39. The molecule has 7 nitrogen and oxygen atoms in total. The van der Waals surface area contributed by atoms with E-state index in [0.29, 0.717) is 29.4 Å². The van der Waals surface area contributed by atoms with Crippen LogP contribution in [0.25, 0.3) is 11.8 Å². The SMILES string of the molecule is CCOc1ccnc(C(=O)N2C(c3ccc(OC)cc3)=Cc3ccccc3C2C(=O)OC)c1.